The van der Waals surface area contributed by atoms with Crippen molar-refractivity contribution in [1.82, 2.24) is 15.1 Å². The summed E-state index contributed by atoms with van der Waals surface area (Å²) in [5.41, 5.74) is 7.50. The fourth-order valence-corrected chi connectivity index (χ4v) is 4.52. The topological polar surface area (TPSA) is 100 Å². The molecule has 8 nitrogen and oxygen atoms in total. The van der Waals surface area contributed by atoms with Gasteiger partial charge in [0.1, 0.15) is 5.70 Å². The normalized spacial score (nSPS) is 21.1. The highest BCUT2D eigenvalue weighted by Gasteiger charge is 2.60. The van der Waals surface area contributed by atoms with Crippen LogP contribution in [0.5, 0.6) is 0 Å². The summed E-state index contributed by atoms with van der Waals surface area (Å²) in [7, 11) is 0. The Balaban J connectivity index is 1.59. The van der Waals surface area contributed by atoms with Crippen LogP contribution in [0.2, 0.25) is 0 Å². The number of benzene rings is 1. The molecule has 2 aliphatic heterocycles. The van der Waals surface area contributed by atoms with E-state index in [4.69, 9.17) is 5.73 Å². The van der Waals surface area contributed by atoms with Gasteiger partial charge in [0.15, 0.2) is 0 Å². The maximum Gasteiger partial charge on any atom is 0.434 e. The van der Waals surface area contributed by atoms with Crippen LogP contribution in [0.3, 0.4) is 0 Å². The highest BCUT2D eigenvalue weighted by Crippen LogP contribution is 2.37. The van der Waals surface area contributed by atoms with Gasteiger partial charge in [0, 0.05) is 57.6 Å². The third-order valence-corrected chi connectivity index (χ3v) is 6.34. The molecule has 0 bridgehead atoms. The van der Waals surface area contributed by atoms with Crippen molar-refractivity contribution in [3.05, 3.63) is 47.2 Å². The summed E-state index contributed by atoms with van der Waals surface area (Å²) in [5, 5.41) is 2.76. The fraction of sp³-hybridized carbons (Fsp3) is 0.542. The van der Waals surface area contributed by atoms with E-state index in [0.29, 0.717) is 25.2 Å². The molecular weight excluding hydrogens is 520 g/mol. The molecule has 2 atom stereocenters. The van der Waals surface area contributed by atoms with Crippen molar-refractivity contribution in [2.45, 2.75) is 31.9 Å². The first-order valence-electron chi connectivity index (χ1n) is 11.9. The molecule has 2 saturated heterocycles. The smallest absolute Gasteiger partial charge is 0.426 e. The summed E-state index contributed by atoms with van der Waals surface area (Å²) in [6.45, 7) is 3.53. The Morgan fingerprint density at radius 3 is 2.18 bits per heavy atom. The zero-order valence-corrected chi connectivity index (χ0v) is 20.6. The summed E-state index contributed by atoms with van der Waals surface area (Å²) in [5.74, 6) is -0.839. The van der Waals surface area contributed by atoms with Gasteiger partial charge in [-0.2, -0.15) is 26.3 Å². The molecule has 0 saturated carbocycles. The van der Waals surface area contributed by atoms with Crippen LogP contribution in [0.1, 0.15) is 12.5 Å². The number of likely N-dealkylation sites (tertiary alicyclic amines) is 2. The fourth-order valence-electron chi connectivity index (χ4n) is 4.52. The molecule has 210 valence electrons. The van der Waals surface area contributed by atoms with E-state index in [9.17, 15) is 35.9 Å². The third kappa shape index (κ3) is 7.62. The second kappa shape index (κ2) is 12.0. The van der Waals surface area contributed by atoms with Crippen molar-refractivity contribution in [2.75, 3.05) is 39.3 Å². The molecule has 3 rings (SSSR count). The van der Waals surface area contributed by atoms with Crippen LogP contribution in [0.25, 0.3) is 0 Å². The number of rotatable bonds is 8. The monoisotopic (exact) mass is 549 g/mol. The van der Waals surface area contributed by atoms with Crippen LogP contribution in [-0.4, -0.2) is 85.7 Å². The van der Waals surface area contributed by atoms with Gasteiger partial charge in [0.05, 0.1) is 0 Å². The first-order valence-corrected chi connectivity index (χ1v) is 11.9. The second-order valence-electron chi connectivity index (χ2n) is 9.20. The summed E-state index contributed by atoms with van der Waals surface area (Å²) in [6.07, 6.45) is -15.8. The largest absolute Gasteiger partial charge is 0.434 e. The van der Waals surface area contributed by atoms with Crippen LogP contribution < -0.4 is 11.1 Å². The predicted octanol–water partition coefficient (Wildman–Crippen LogP) is 3.10. The standard InChI is InChI=1S/C24H29F6N5O3/c1-2-32-9-16(19(31)20(36)33-8-15-6-4-3-5-7-15)10-34-11-17-13-35(14-18(17)12-34)22(37)38-21(23(25,26)27)24(28,29)30/h3-7,9,17-18,21H,2,8,10-14,31H2,1H3,(H,33,36). The molecule has 14 heteroatoms. The van der Waals surface area contributed by atoms with Crippen LogP contribution in [0.15, 0.2) is 46.6 Å². The van der Waals surface area contributed by atoms with Gasteiger partial charge in [-0.1, -0.05) is 30.3 Å². The summed E-state index contributed by atoms with van der Waals surface area (Å²) < 4.78 is 80.2. The van der Waals surface area contributed by atoms with Crippen LogP contribution in [0.4, 0.5) is 31.1 Å². The minimum absolute atomic E-state index is 0.00858. The van der Waals surface area contributed by atoms with Gasteiger partial charge in [-0.3, -0.25) is 14.7 Å². The van der Waals surface area contributed by atoms with E-state index in [2.05, 4.69) is 15.0 Å². The summed E-state index contributed by atoms with van der Waals surface area (Å²) >= 11 is 0. The molecule has 2 unspecified atom stereocenters. The average molecular weight is 550 g/mol. The molecule has 3 N–H and O–H groups in total. The molecule has 0 aromatic heterocycles. The zero-order valence-electron chi connectivity index (χ0n) is 20.6. The van der Waals surface area contributed by atoms with E-state index < -0.39 is 30.5 Å². The molecule has 2 amide bonds. The number of halogens is 6. The van der Waals surface area contributed by atoms with Crippen LogP contribution >= 0.6 is 0 Å². The number of hydrogen-bond acceptors (Lipinski definition) is 6. The van der Waals surface area contributed by atoms with Gasteiger partial charge in [0.2, 0.25) is 0 Å². The lowest BCUT2D eigenvalue weighted by Gasteiger charge is -2.26. The van der Waals surface area contributed by atoms with Gasteiger partial charge in [-0.25, -0.2) is 4.79 Å². The Bertz CT molecular complexity index is 1020. The van der Waals surface area contributed by atoms with E-state index in [0.717, 1.165) is 10.5 Å². The number of nitrogens with one attached hydrogen (secondary N) is 1. The number of amides is 2. The van der Waals surface area contributed by atoms with Crippen LogP contribution in [-0.2, 0) is 16.1 Å². The number of nitrogens with zero attached hydrogens (tertiary/aromatic N) is 3. The van der Waals surface area contributed by atoms with Gasteiger partial charge < -0.3 is 20.7 Å². The lowest BCUT2D eigenvalue weighted by molar-refractivity contribution is -0.308. The highest BCUT2D eigenvalue weighted by atomic mass is 19.4. The minimum atomic E-state index is -5.77. The lowest BCUT2D eigenvalue weighted by Crippen LogP contribution is -2.48. The van der Waals surface area contributed by atoms with Gasteiger partial charge in [-0.15, -0.1) is 0 Å². The van der Waals surface area contributed by atoms with E-state index in [-0.39, 0.29) is 43.7 Å². The summed E-state index contributed by atoms with van der Waals surface area (Å²) in [4.78, 5) is 31.8. The average Bonchev–Trinajstić information content (AvgIpc) is 3.41. The van der Waals surface area contributed by atoms with E-state index >= 15 is 0 Å². The van der Waals surface area contributed by atoms with Crippen LogP contribution in [0, 0.1) is 11.8 Å². The quantitative estimate of drug-likeness (QED) is 0.295. The van der Waals surface area contributed by atoms with Crippen molar-refractivity contribution >= 4 is 18.2 Å². The van der Waals surface area contributed by atoms with Gasteiger partial charge in [0.25, 0.3) is 12.0 Å². The second-order valence-corrected chi connectivity index (χ2v) is 9.20. The van der Waals surface area contributed by atoms with E-state index in [1.54, 1.807) is 0 Å². The van der Waals surface area contributed by atoms with Crippen molar-refractivity contribution in [1.29, 1.82) is 0 Å². The number of hydrogen-bond donors (Lipinski definition) is 2. The number of alkyl halides is 6. The molecule has 2 fully saturated rings. The number of aliphatic imine (C=N–C) groups is 1. The SMILES string of the molecule is CCN=CC(CN1CC2CN(C(=O)OC(C(F)(F)F)C(F)(F)F)CC2C1)=C(N)C(=O)NCc1ccccc1. The maximum atomic E-state index is 12.7. The molecule has 0 aliphatic carbocycles. The Labute approximate surface area is 215 Å². The number of ether oxygens (including phenoxy) is 1. The highest BCUT2D eigenvalue weighted by molar-refractivity contribution is 5.99. The number of fused-ring (bicyclic) bond motifs is 1. The van der Waals surface area contributed by atoms with Crippen molar-refractivity contribution in [3.63, 3.8) is 0 Å². The summed E-state index contributed by atoms with van der Waals surface area (Å²) in [6, 6.07) is 9.25. The van der Waals surface area contributed by atoms with E-state index in [1.165, 1.54) is 6.21 Å². The Kier molecular flexibility index (Phi) is 9.28. The Morgan fingerprint density at radius 1 is 1.08 bits per heavy atom. The van der Waals surface area contributed by atoms with E-state index in [1.807, 2.05) is 42.2 Å². The number of carbonyl (C=O) groups excluding carboxylic acids is 2. The molecule has 0 spiro atoms. The minimum Gasteiger partial charge on any atom is -0.426 e. The first kappa shape index (κ1) is 29.3. The Hall–Kier alpha value is -3.29. The lowest BCUT2D eigenvalue weighted by atomic mass is 10.0. The molecule has 1 aromatic carbocycles. The first-order chi connectivity index (χ1) is 17.8. The molecule has 38 heavy (non-hydrogen) atoms. The molecular formula is C24H29F6N5O3. The number of nitrogens with two attached hydrogens (primary N) is 1. The van der Waals surface area contributed by atoms with Crippen molar-refractivity contribution in [3.8, 4) is 0 Å². The van der Waals surface area contributed by atoms with Gasteiger partial charge in [-0.05, 0) is 24.3 Å². The van der Waals surface area contributed by atoms with Crippen molar-refractivity contribution < 1.29 is 40.7 Å². The number of carbonyl (C=O) groups is 2. The molecule has 0 radical (unpaired) electrons. The molecule has 2 heterocycles. The van der Waals surface area contributed by atoms with Crippen molar-refractivity contribution in [2.24, 2.45) is 22.6 Å². The van der Waals surface area contributed by atoms with Gasteiger partial charge >= 0.3 is 18.4 Å². The third-order valence-electron chi connectivity index (χ3n) is 6.34. The molecule has 1 aromatic rings. The maximum absolute atomic E-state index is 12.7. The zero-order chi connectivity index (χ0) is 28.1. The molecule has 2 aliphatic rings. The Morgan fingerprint density at radius 2 is 1.66 bits per heavy atom. The predicted molar refractivity (Wildman–Crippen MR) is 126 cm³/mol.